The van der Waals surface area contributed by atoms with E-state index in [0.29, 0.717) is 11.7 Å². The number of phenols is 1. The van der Waals surface area contributed by atoms with Gasteiger partial charge in [0.2, 0.25) is 0 Å². The summed E-state index contributed by atoms with van der Waals surface area (Å²) in [4.78, 5) is 0. The van der Waals surface area contributed by atoms with Gasteiger partial charge in [-0.25, -0.2) is 0 Å². The topological polar surface area (TPSA) is 32.3 Å². The normalized spacial score (nSPS) is 16.1. The Hall–Kier alpha value is -2.74. The summed E-state index contributed by atoms with van der Waals surface area (Å²) in [6.07, 6.45) is 4.44. The molecule has 3 aromatic carbocycles. The summed E-state index contributed by atoms with van der Waals surface area (Å²) in [5, 5.41) is 13.3. The van der Waals surface area contributed by atoms with Crippen molar-refractivity contribution >= 4 is 5.69 Å². The number of aromatic hydroxyl groups is 1. The average molecular weight is 343 g/mol. The fourth-order valence-electron chi connectivity index (χ4n) is 3.97. The molecule has 0 amide bonds. The fourth-order valence-corrected chi connectivity index (χ4v) is 3.97. The Kier molecular flexibility index (Phi) is 4.92. The zero-order chi connectivity index (χ0) is 17.8. The van der Waals surface area contributed by atoms with E-state index in [1.807, 2.05) is 12.1 Å². The summed E-state index contributed by atoms with van der Waals surface area (Å²) in [6, 6.07) is 25.1. The second-order valence-electron chi connectivity index (χ2n) is 7.26. The Morgan fingerprint density at radius 3 is 2.58 bits per heavy atom. The number of hydrogen-bond donors (Lipinski definition) is 2. The first-order chi connectivity index (χ1) is 12.8. The predicted octanol–water partition coefficient (Wildman–Crippen LogP) is 5.35. The van der Waals surface area contributed by atoms with Crippen molar-refractivity contribution in [2.45, 2.75) is 32.2 Å². The van der Waals surface area contributed by atoms with Crippen LogP contribution >= 0.6 is 0 Å². The second kappa shape index (κ2) is 7.65. The first-order valence-corrected chi connectivity index (χ1v) is 9.44. The van der Waals surface area contributed by atoms with Gasteiger partial charge in [0, 0.05) is 12.2 Å². The predicted molar refractivity (Wildman–Crippen MR) is 108 cm³/mol. The lowest BCUT2D eigenvalue weighted by Crippen LogP contribution is -2.17. The maximum atomic E-state index is 9.67. The Morgan fingerprint density at radius 2 is 1.69 bits per heavy atom. The molecule has 2 nitrogen and oxygen atoms in total. The highest BCUT2D eigenvalue weighted by Crippen LogP contribution is 2.31. The molecule has 0 heterocycles. The Bertz CT molecular complexity index is 872. The second-order valence-corrected chi connectivity index (χ2v) is 7.26. The third kappa shape index (κ3) is 3.91. The van der Waals surface area contributed by atoms with E-state index in [0.717, 1.165) is 25.8 Å². The summed E-state index contributed by atoms with van der Waals surface area (Å²) in [7, 11) is 0. The van der Waals surface area contributed by atoms with Crippen LogP contribution in [0.2, 0.25) is 0 Å². The molecule has 0 aromatic heterocycles. The minimum Gasteiger partial charge on any atom is -0.508 e. The monoisotopic (exact) mass is 343 g/mol. The molecule has 0 fully saturated rings. The Balaban J connectivity index is 1.44. The lowest BCUT2D eigenvalue weighted by molar-refractivity contribution is 0.447. The smallest absolute Gasteiger partial charge is 0.115 e. The Morgan fingerprint density at radius 1 is 0.885 bits per heavy atom. The molecule has 0 saturated carbocycles. The van der Waals surface area contributed by atoms with Gasteiger partial charge in [0.1, 0.15) is 5.75 Å². The number of para-hydroxylation sites is 1. The van der Waals surface area contributed by atoms with Crippen LogP contribution in [0.5, 0.6) is 5.75 Å². The first kappa shape index (κ1) is 16.7. The molecule has 132 valence electrons. The van der Waals surface area contributed by atoms with Crippen LogP contribution in [0.3, 0.4) is 0 Å². The summed E-state index contributed by atoms with van der Waals surface area (Å²) in [6.45, 7) is 0.852. The first-order valence-electron chi connectivity index (χ1n) is 9.44. The van der Waals surface area contributed by atoms with Crippen LogP contribution in [0.25, 0.3) is 0 Å². The third-order valence-corrected chi connectivity index (χ3v) is 5.37. The van der Waals surface area contributed by atoms with Gasteiger partial charge >= 0.3 is 0 Å². The van der Waals surface area contributed by atoms with Gasteiger partial charge in [0.25, 0.3) is 0 Å². The molecule has 1 aliphatic carbocycles. The molecular formula is C24H25NO. The molecule has 26 heavy (non-hydrogen) atoms. The number of fused-ring (bicyclic) bond motifs is 1. The number of rotatable bonds is 5. The van der Waals surface area contributed by atoms with Crippen molar-refractivity contribution in [2.75, 3.05) is 5.32 Å². The van der Waals surface area contributed by atoms with E-state index in [1.54, 1.807) is 0 Å². The number of nitrogens with one attached hydrogen (secondary N) is 1. The van der Waals surface area contributed by atoms with Crippen LogP contribution < -0.4 is 5.32 Å². The summed E-state index contributed by atoms with van der Waals surface area (Å²) < 4.78 is 0. The van der Waals surface area contributed by atoms with E-state index in [9.17, 15) is 5.11 Å². The van der Waals surface area contributed by atoms with Crippen molar-refractivity contribution in [1.29, 1.82) is 0 Å². The summed E-state index contributed by atoms with van der Waals surface area (Å²) in [5.74, 6) is 1.05. The molecule has 1 atom stereocenters. The van der Waals surface area contributed by atoms with Crippen LogP contribution in [-0.2, 0) is 25.8 Å². The van der Waals surface area contributed by atoms with E-state index in [4.69, 9.17) is 0 Å². The minimum atomic E-state index is 0.387. The highest BCUT2D eigenvalue weighted by molar-refractivity contribution is 5.52. The SMILES string of the molecule is Oc1ccc2c(c1)CCC(Cc1ccccc1NCc1ccccc1)C2. The van der Waals surface area contributed by atoms with Gasteiger partial charge in [-0.3, -0.25) is 0 Å². The van der Waals surface area contributed by atoms with Gasteiger partial charge in [-0.15, -0.1) is 0 Å². The minimum absolute atomic E-state index is 0.387. The molecule has 3 aromatic rings. The number of anilines is 1. The van der Waals surface area contributed by atoms with Gasteiger partial charge in [0.05, 0.1) is 0 Å². The molecule has 0 saturated heterocycles. The maximum absolute atomic E-state index is 9.67. The van der Waals surface area contributed by atoms with Gasteiger partial charge in [-0.1, -0.05) is 54.6 Å². The van der Waals surface area contributed by atoms with Crippen molar-refractivity contribution in [3.05, 3.63) is 95.1 Å². The lowest BCUT2D eigenvalue weighted by Gasteiger charge is -2.25. The van der Waals surface area contributed by atoms with Gasteiger partial charge in [0.15, 0.2) is 0 Å². The zero-order valence-corrected chi connectivity index (χ0v) is 15.0. The van der Waals surface area contributed by atoms with Crippen LogP contribution in [-0.4, -0.2) is 5.11 Å². The molecule has 0 bridgehead atoms. The fraction of sp³-hybridized carbons (Fsp3) is 0.250. The van der Waals surface area contributed by atoms with Crippen molar-refractivity contribution in [1.82, 2.24) is 0 Å². The van der Waals surface area contributed by atoms with E-state index in [1.165, 1.54) is 34.4 Å². The molecular weight excluding hydrogens is 318 g/mol. The Labute approximate surface area is 155 Å². The molecule has 1 aliphatic rings. The number of aryl methyl sites for hydroxylation is 1. The van der Waals surface area contributed by atoms with E-state index in [2.05, 4.69) is 66.0 Å². The van der Waals surface area contributed by atoms with E-state index < -0.39 is 0 Å². The summed E-state index contributed by atoms with van der Waals surface area (Å²) in [5.41, 5.74) is 6.66. The van der Waals surface area contributed by atoms with Crippen LogP contribution in [0.15, 0.2) is 72.8 Å². The molecule has 4 rings (SSSR count). The van der Waals surface area contributed by atoms with Crippen molar-refractivity contribution in [2.24, 2.45) is 5.92 Å². The van der Waals surface area contributed by atoms with Crippen LogP contribution in [0, 0.1) is 5.92 Å². The quantitative estimate of drug-likeness (QED) is 0.654. The van der Waals surface area contributed by atoms with Crippen LogP contribution in [0.1, 0.15) is 28.7 Å². The standard InChI is InChI=1S/C24H25NO/c26-23-13-12-20-14-19(10-11-21(20)16-23)15-22-8-4-5-9-24(22)25-17-18-6-2-1-3-7-18/h1-9,12-13,16,19,25-26H,10-11,14-15,17H2. The van der Waals surface area contributed by atoms with Crippen molar-refractivity contribution < 1.29 is 5.11 Å². The maximum Gasteiger partial charge on any atom is 0.115 e. The molecule has 0 aliphatic heterocycles. The van der Waals surface area contributed by atoms with Crippen LogP contribution in [0.4, 0.5) is 5.69 Å². The number of benzene rings is 3. The number of phenolic OH excluding ortho intramolecular Hbond substituents is 1. The average Bonchev–Trinajstić information content (AvgIpc) is 2.68. The van der Waals surface area contributed by atoms with E-state index in [-0.39, 0.29) is 0 Å². The molecule has 2 N–H and O–H groups in total. The van der Waals surface area contributed by atoms with E-state index >= 15 is 0 Å². The lowest BCUT2D eigenvalue weighted by atomic mass is 9.80. The largest absolute Gasteiger partial charge is 0.508 e. The molecule has 0 radical (unpaired) electrons. The third-order valence-electron chi connectivity index (χ3n) is 5.37. The highest BCUT2D eigenvalue weighted by Gasteiger charge is 2.20. The van der Waals surface area contributed by atoms with Gasteiger partial charge < -0.3 is 10.4 Å². The molecule has 2 heteroatoms. The van der Waals surface area contributed by atoms with Crippen molar-refractivity contribution in [3.8, 4) is 5.75 Å². The molecule has 0 spiro atoms. The van der Waals surface area contributed by atoms with Gasteiger partial charge in [-0.2, -0.15) is 0 Å². The van der Waals surface area contributed by atoms with Crippen molar-refractivity contribution in [3.63, 3.8) is 0 Å². The van der Waals surface area contributed by atoms with Gasteiger partial charge in [-0.05, 0) is 72.1 Å². The number of hydrogen-bond acceptors (Lipinski definition) is 2. The molecule has 1 unspecified atom stereocenters. The zero-order valence-electron chi connectivity index (χ0n) is 15.0. The summed E-state index contributed by atoms with van der Waals surface area (Å²) >= 11 is 0. The highest BCUT2D eigenvalue weighted by atomic mass is 16.3.